The van der Waals surface area contributed by atoms with Crippen molar-refractivity contribution in [2.75, 3.05) is 0 Å². The highest BCUT2D eigenvalue weighted by Crippen LogP contribution is 2.41. The standard InChI is InChI=1S/C36H44N2O2/c1-25(22-36(2,3)4)31-14-7-5-11-27(31)13-9-10-26-16-19-35-37-30(24-38(35)23-26)17-18-33(39)29-20-28-12-6-8-15-32(28)34(40)21-29/h6,8,12,15-16,19-21,23-24,27,31-32H,1,5,7,9-11,13-14,17-18,22H2,2-4H3. The van der Waals surface area contributed by atoms with Crippen molar-refractivity contribution in [1.82, 2.24) is 9.38 Å². The molecule has 3 unspecified atom stereocenters. The topological polar surface area (TPSA) is 51.4 Å². The Hall–Kier alpha value is -3.27. The van der Waals surface area contributed by atoms with Crippen LogP contribution in [0.15, 0.2) is 84.3 Å². The Morgan fingerprint density at radius 1 is 1.07 bits per heavy atom. The number of ketones is 2. The van der Waals surface area contributed by atoms with Gasteiger partial charge in [-0.15, -0.1) is 0 Å². The fourth-order valence-electron chi connectivity index (χ4n) is 6.79. The molecule has 0 N–H and O–H groups in total. The highest BCUT2D eigenvalue weighted by Gasteiger charge is 2.29. The molecule has 4 heteroatoms. The molecule has 210 valence electrons. The van der Waals surface area contributed by atoms with Crippen LogP contribution < -0.4 is 0 Å². The zero-order chi connectivity index (χ0) is 28.3. The Kier molecular flexibility index (Phi) is 8.54. The second kappa shape index (κ2) is 12.1. The molecular formula is C36H44N2O2. The smallest absolute Gasteiger partial charge is 0.167 e. The minimum Gasteiger partial charge on any atom is -0.307 e. The Morgan fingerprint density at radius 2 is 1.90 bits per heavy atom. The van der Waals surface area contributed by atoms with Gasteiger partial charge in [-0.3, -0.25) is 9.59 Å². The lowest BCUT2D eigenvalue weighted by atomic mass is 9.70. The van der Waals surface area contributed by atoms with Crippen LogP contribution in [0.3, 0.4) is 0 Å². The highest BCUT2D eigenvalue weighted by atomic mass is 16.1. The van der Waals surface area contributed by atoms with Crippen LogP contribution in [0.5, 0.6) is 0 Å². The maximum Gasteiger partial charge on any atom is 0.167 e. The van der Waals surface area contributed by atoms with Crippen LogP contribution in [0, 0.1) is 23.2 Å². The fraction of sp³-hybridized carbons (Fsp3) is 0.472. The van der Waals surface area contributed by atoms with Crippen molar-refractivity contribution in [3.05, 3.63) is 95.5 Å². The summed E-state index contributed by atoms with van der Waals surface area (Å²) in [5.74, 6) is 1.19. The first-order valence-corrected chi connectivity index (χ1v) is 15.2. The summed E-state index contributed by atoms with van der Waals surface area (Å²) in [7, 11) is 0. The van der Waals surface area contributed by atoms with E-state index in [1.54, 1.807) is 0 Å². The Bertz CT molecular complexity index is 1410. The lowest BCUT2D eigenvalue weighted by molar-refractivity contribution is -0.118. The number of fused-ring (bicyclic) bond motifs is 2. The van der Waals surface area contributed by atoms with E-state index in [1.807, 2.05) is 36.6 Å². The van der Waals surface area contributed by atoms with Gasteiger partial charge in [0, 0.05) is 24.4 Å². The molecule has 1 saturated carbocycles. The van der Waals surface area contributed by atoms with Crippen LogP contribution in [0.4, 0.5) is 0 Å². The summed E-state index contributed by atoms with van der Waals surface area (Å²) in [4.78, 5) is 30.1. The molecule has 4 nitrogen and oxygen atoms in total. The van der Waals surface area contributed by atoms with Crippen LogP contribution in [-0.2, 0) is 22.4 Å². The molecule has 1 fully saturated rings. The van der Waals surface area contributed by atoms with Gasteiger partial charge in [-0.25, -0.2) is 4.98 Å². The first kappa shape index (κ1) is 28.3. The Balaban J connectivity index is 1.15. The van der Waals surface area contributed by atoms with Crippen molar-refractivity contribution in [2.45, 2.75) is 85.0 Å². The molecule has 0 amide bonds. The monoisotopic (exact) mass is 536 g/mol. The molecule has 3 aliphatic rings. The zero-order valence-electron chi connectivity index (χ0n) is 24.5. The van der Waals surface area contributed by atoms with Crippen LogP contribution >= 0.6 is 0 Å². The molecule has 3 aliphatic carbocycles. The second-order valence-corrected chi connectivity index (χ2v) is 13.3. The first-order chi connectivity index (χ1) is 19.2. The predicted octanol–water partition coefficient (Wildman–Crippen LogP) is 8.14. The van der Waals surface area contributed by atoms with E-state index in [9.17, 15) is 9.59 Å². The van der Waals surface area contributed by atoms with Gasteiger partial charge in [-0.1, -0.05) is 76.1 Å². The van der Waals surface area contributed by atoms with Crippen LogP contribution in [0.1, 0.15) is 83.4 Å². The summed E-state index contributed by atoms with van der Waals surface area (Å²) < 4.78 is 2.10. The normalized spacial score (nSPS) is 22.7. The molecule has 3 atom stereocenters. The maximum atomic E-state index is 12.9. The number of carbonyl (C=O) groups is 2. The van der Waals surface area contributed by atoms with E-state index < -0.39 is 0 Å². The van der Waals surface area contributed by atoms with E-state index in [2.05, 4.69) is 50.1 Å². The minimum absolute atomic E-state index is 0.00815. The quantitative estimate of drug-likeness (QED) is 0.288. The van der Waals surface area contributed by atoms with E-state index >= 15 is 0 Å². The fourth-order valence-corrected chi connectivity index (χ4v) is 6.79. The molecule has 2 heterocycles. The number of allylic oxidation sites excluding steroid dienone is 9. The molecule has 0 aromatic carbocycles. The average Bonchev–Trinajstić information content (AvgIpc) is 3.33. The SMILES string of the molecule is C=C(CC(C)(C)C)C1CCCCC1CCCc1ccc2nc(CCC(=O)C3=CC(=O)C4C=CC=CC4=C3)cn2c1. The van der Waals surface area contributed by atoms with Crippen molar-refractivity contribution in [1.29, 1.82) is 0 Å². The van der Waals surface area contributed by atoms with Gasteiger partial charge >= 0.3 is 0 Å². The Labute approximate surface area is 239 Å². The van der Waals surface area contributed by atoms with Gasteiger partial charge in [-0.2, -0.15) is 0 Å². The van der Waals surface area contributed by atoms with Gasteiger partial charge in [0.15, 0.2) is 11.6 Å². The second-order valence-electron chi connectivity index (χ2n) is 13.3. The van der Waals surface area contributed by atoms with Gasteiger partial charge in [0.05, 0.1) is 11.6 Å². The van der Waals surface area contributed by atoms with Crippen molar-refractivity contribution < 1.29 is 9.59 Å². The van der Waals surface area contributed by atoms with Gasteiger partial charge in [0.2, 0.25) is 0 Å². The summed E-state index contributed by atoms with van der Waals surface area (Å²) >= 11 is 0. The van der Waals surface area contributed by atoms with Crippen LogP contribution in [0.2, 0.25) is 0 Å². The number of aromatic nitrogens is 2. The third kappa shape index (κ3) is 6.89. The van der Waals surface area contributed by atoms with Crippen molar-refractivity contribution in [3.8, 4) is 0 Å². The van der Waals surface area contributed by atoms with Gasteiger partial charge < -0.3 is 4.40 Å². The lowest BCUT2D eigenvalue weighted by Gasteiger charge is -2.35. The first-order valence-electron chi connectivity index (χ1n) is 15.2. The Morgan fingerprint density at radius 3 is 2.73 bits per heavy atom. The zero-order valence-corrected chi connectivity index (χ0v) is 24.5. The summed E-state index contributed by atoms with van der Waals surface area (Å²) in [5, 5.41) is 0. The summed E-state index contributed by atoms with van der Waals surface area (Å²) in [5.41, 5.74) is 6.32. The molecule has 2 aromatic rings. The third-order valence-electron chi connectivity index (χ3n) is 8.71. The van der Waals surface area contributed by atoms with E-state index in [4.69, 9.17) is 4.98 Å². The number of pyridine rings is 1. The number of imidazole rings is 1. The van der Waals surface area contributed by atoms with Crippen molar-refractivity contribution in [2.24, 2.45) is 23.2 Å². The average molecular weight is 537 g/mol. The summed E-state index contributed by atoms with van der Waals surface area (Å²) in [6.45, 7) is 11.5. The van der Waals surface area contributed by atoms with E-state index in [-0.39, 0.29) is 17.5 Å². The van der Waals surface area contributed by atoms with Crippen LogP contribution in [-0.4, -0.2) is 21.0 Å². The lowest BCUT2D eigenvalue weighted by Crippen LogP contribution is -2.23. The van der Waals surface area contributed by atoms with E-state index in [0.29, 0.717) is 29.7 Å². The largest absolute Gasteiger partial charge is 0.307 e. The molecule has 0 aliphatic heterocycles. The number of nitrogens with zero attached hydrogens (tertiary/aromatic N) is 2. The molecular weight excluding hydrogens is 492 g/mol. The third-order valence-corrected chi connectivity index (χ3v) is 8.71. The predicted molar refractivity (Wildman–Crippen MR) is 163 cm³/mol. The molecule has 2 aromatic heterocycles. The number of rotatable bonds is 10. The van der Waals surface area contributed by atoms with Gasteiger partial charge in [-0.05, 0) is 91.6 Å². The summed E-state index contributed by atoms with van der Waals surface area (Å²) in [6, 6.07) is 4.28. The molecule has 0 bridgehead atoms. The number of hydrogen-bond donors (Lipinski definition) is 0. The van der Waals surface area contributed by atoms with Crippen LogP contribution in [0.25, 0.3) is 5.65 Å². The molecule has 5 rings (SSSR count). The van der Waals surface area contributed by atoms with Crippen molar-refractivity contribution >= 4 is 17.2 Å². The molecule has 0 radical (unpaired) electrons. The number of aryl methyl sites for hydroxylation is 2. The van der Waals surface area contributed by atoms with E-state index in [0.717, 1.165) is 35.7 Å². The highest BCUT2D eigenvalue weighted by molar-refractivity contribution is 6.09. The van der Waals surface area contributed by atoms with Gasteiger partial charge in [0.1, 0.15) is 5.65 Å². The minimum atomic E-state index is -0.244. The number of hydrogen-bond acceptors (Lipinski definition) is 3. The molecule has 0 saturated heterocycles. The maximum absolute atomic E-state index is 12.9. The number of carbonyl (C=O) groups excluding carboxylic acids is 2. The van der Waals surface area contributed by atoms with E-state index in [1.165, 1.54) is 55.7 Å². The molecule has 40 heavy (non-hydrogen) atoms. The number of Topliss-reactive ketones (excluding diaryl/α,β-unsaturated/α-hetero) is 1. The van der Waals surface area contributed by atoms with Crippen molar-refractivity contribution in [3.63, 3.8) is 0 Å². The van der Waals surface area contributed by atoms with Gasteiger partial charge in [0.25, 0.3) is 0 Å². The molecule has 0 spiro atoms. The summed E-state index contributed by atoms with van der Waals surface area (Å²) in [6.07, 6.45) is 26.1.